The van der Waals surface area contributed by atoms with Gasteiger partial charge in [0.25, 0.3) is 0 Å². The minimum atomic E-state index is 0.400. The van der Waals surface area contributed by atoms with Gasteiger partial charge in [-0.3, -0.25) is 0 Å². The van der Waals surface area contributed by atoms with E-state index in [0.717, 1.165) is 33.7 Å². The van der Waals surface area contributed by atoms with E-state index in [1.165, 1.54) is 11.3 Å². The summed E-state index contributed by atoms with van der Waals surface area (Å²) in [7, 11) is 1.64. The molecular weight excluding hydrogens is 504 g/mol. The van der Waals surface area contributed by atoms with Gasteiger partial charge in [-0.15, -0.1) is 11.3 Å². The Morgan fingerprint density at radius 2 is 1.51 bits per heavy atom. The molecule has 0 amide bonds. The van der Waals surface area contributed by atoms with Crippen molar-refractivity contribution >= 4 is 23.0 Å². The van der Waals surface area contributed by atoms with E-state index in [9.17, 15) is 5.26 Å². The van der Waals surface area contributed by atoms with Gasteiger partial charge >= 0.3 is 0 Å². The average molecular weight is 531 g/mol. The van der Waals surface area contributed by atoms with Crippen molar-refractivity contribution in [2.75, 3.05) is 7.11 Å². The molecule has 0 saturated heterocycles. The first-order chi connectivity index (χ1) is 19.2. The summed E-state index contributed by atoms with van der Waals surface area (Å²) < 4.78 is 17.6. The van der Waals surface area contributed by atoms with Crippen molar-refractivity contribution in [3.63, 3.8) is 0 Å². The Morgan fingerprint density at radius 1 is 0.821 bits per heavy atom. The lowest BCUT2D eigenvalue weighted by Gasteiger charge is -2.14. The van der Waals surface area contributed by atoms with Crippen molar-refractivity contribution in [1.82, 2.24) is 4.98 Å². The SMILES string of the molecule is COc1cccc(-c2csc(/C(C#N)=C\c3ccc(OCc4ccccc4)c(OCc4ccccc4)c3)n2)c1. The highest BCUT2D eigenvalue weighted by Gasteiger charge is 2.12. The number of aromatic nitrogens is 1. The summed E-state index contributed by atoms with van der Waals surface area (Å²) in [5, 5.41) is 12.6. The van der Waals surface area contributed by atoms with E-state index in [4.69, 9.17) is 19.2 Å². The zero-order valence-electron chi connectivity index (χ0n) is 21.4. The van der Waals surface area contributed by atoms with Gasteiger partial charge in [-0.25, -0.2) is 4.98 Å². The molecule has 5 rings (SSSR count). The third kappa shape index (κ3) is 6.72. The molecule has 5 nitrogen and oxygen atoms in total. The lowest BCUT2D eigenvalue weighted by atomic mass is 10.1. The van der Waals surface area contributed by atoms with E-state index < -0.39 is 0 Å². The summed E-state index contributed by atoms with van der Waals surface area (Å²) in [6, 6.07) is 35.7. The number of ether oxygens (including phenoxy) is 3. The second kappa shape index (κ2) is 12.6. The monoisotopic (exact) mass is 530 g/mol. The largest absolute Gasteiger partial charge is 0.497 e. The van der Waals surface area contributed by atoms with Gasteiger partial charge in [0, 0.05) is 10.9 Å². The number of hydrogen-bond acceptors (Lipinski definition) is 6. The predicted molar refractivity (Wildman–Crippen MR) is 156 cm³/mol. The number of nitrogens with zero attached hydrogens (tertiary/aromatic N) is 2. The molecule has 0 spiro atoms. The molecule has 0 N–H and O–H groups in total. The molecular formula is C33H26N2O3S. The zero-order valence-corrected chi connectivity index (χ0v) is 22.2. The fourth-order valence-corrected chi connectivity index (χ4v) is 4.73. The van der Waals surface area contributed by atoms with E-state index in [1.807, 2.05) is 115 Å². The minimum absolute atomic E-state index is 0.400. The highest BCUT2D eigenvalue weighted by Crippen LogP contribution is 2.33. The molecule has 0 radical (unpaired) electrons. The van der Waals surface area contributed by atoms with Crippen molar-refractivity contribution in [2.24, 2.45) is 0 Å². The van der Waals surface area contributed by atoms with Crippen LogP contribution in [0.3, 0.4) is 0 Å². The normalized spacial score (nSPS) is 11.0. The molecule has 0 unspecified atom stereocenters. The van der Waals surface area contributed by atoms with Gasteiger partial charge in [-0.2, -0.15) is 5.26 Å². The van der Waals surface area contributed by atoms with Crippen LogP contribution in [0.4, 0.5) is 0 Å². The molecule has 39 heavy (non-hydrogen) atoms. The van der Waals surface area contributed by atoms with Crippen LogP contribution >= 0.6 is 11.3 Å². The van der Waals surface area contributed by atoms with Crippen LogP contribution < -0.4 is 14.2 Å². The van der Waals surface area contributed by atoms with Gasteiger partial charge in [0.15, 0.2) is 11.5 Å². The molecule has 1 heterocycles. The lowest BCUT2D eigenvalue weighted by Crippen LogP contribution is -2.01. The number of methoxy groups -OCH3 is 1. The summed E-state index contributed by atoms with van der Waals surface area (Å²) in [5.41, 5.74) is 5.15. The van der Waals surface area contributed by atoms with Crippen LogP contribution in [-0.2, 0) is 13.2 Å². The number of nitriles is 1. The maximum absolute atomic E-state index is 9.96. The van der Waals surface area contributed by atoms with Crippen LogP contribution in [0.1, 0.15) is 21.7 Å². The maximum atomic E-state index is 9.96. The van der Waals surface area contributed by atoms with Crippen LogP contribution in [-0.4, -0.2) is 12.1 Å². The maximum Gasteiger partial charge on any atom is 0.162 e. The van der Waals surface area contributed by atoms with E-state index in [-0.39, 0.29) is 0 Å². The fraction of sp³-hybridized carbons (Fsp3) is 0.0909. The van der Waals surface area contributed by atoms with Gasteiger partial charge in [0.05, 0.1) is 18.4 Å². The standard InChI is InChI=1S/C33H26N2O3S/c1-36-29-14-8-13-27(19-29)30-23-39-33(35-30)28(20-34)17-26-15-16-31(37-21-24-9-4-2-5-10-24)32(18-26)38-22-25-11-6-3-7-12-25/h2-19,23H,21-22H2,1H3/b28-17-. The Balaban J connectivity index is 1.41. The van der Waals surface area contributed by atoms with Crippen molar-refractivity contribution in [3.05, 3.63) is 130 Å². The molecule has 192 valence electrons. The van der Waals surface area contributed by atoms with Crippen LogP contribution in [0.2, 0.25) is 0 Å². The number of benzene rings is 4. The molecule has 0 aliphatic rings. The van der Waals surface area contributed by atoms with Gasteiger partial charge in [-0.1, -0.05) is 78.9 Å². The Kier molecular flexibility index (Phi) is 8.32. The predicted octanol–water partition coefficient (Wildman–Crippen LogP) is 8.04. The topological polar surface area (TPSA) is 64.4 Å². The highest BCUT2D eigenvalue weighted by atomic mass is 32.1. The first-order valence-electron chi connectivity index (χ1n) is 12.4. The molecule has 1 aromatic heterocycles. The molecule has 0 fully saturated rings. The Labute approximate surface area is 232 Å². The molecule has 5 aromatic rings. The Morgan fingerprint density at radius 3 is 2.18 bits per heavy atom. The van der Waals surface area contributed by atoms with Gasteiger partial charge in [0.2, 0.25) is 0 Å². The molecule has 4 aromatic carbocycles. The van der Waals surface area contributed by atoms with Crippen molar-refractivity contribution in [3.8, 4) is 34.6 Å². The van der Waals surface area contributed by atoms with Gasteiger partial charge < -0.3 is 14.2 Å². The van der Waals surface area contributed by atoms with Crippen molar-refractivity contribution < 1.29 is 14.2 Å². The molecule has 0 aliphatic carbocycles. The number of allylic oxidation sites excluding steroid dienone is 1. The van der Waals surface area contributed by atoms with Gasteiger partial charge in [0.1, 0.15) is 30.0 Å². The van der Waals surface area contributed by atoms with E-state index in [0.29, 0.717) is 35.3 Å². The second-order valence-corrected chi connectivity index (χ2v) is 9.55. The van der Waals surface area contributed by atoms with Gasteiger partial charge in [-0.05, 0) is 47.0 Å². The number of hydrogen-bond donors (Lipinski definition) is 0. The highest BCUT2D eigenvalue weighted by molar-refractivity contribution is 7.11. The summed E-state index contributed by atoms with van der Waals surface area (Å²) >= 11 is 1.43. The number of rotatable bonds is 10. The summed E-state index contributed by atoms with van der Waals surface area (Å²) in [6.07, 6.45) is 1.82. The van der Waals surface area contributed by atoms with E-state index in [1.54, 1.807) is 7.11 Å². The first kappa shape index (κ1) is 25.8. The third-order valence-corrected chi connectivity index (χ3v) is 6.85. The molecule has 0 bridgehead atoms. The summed E-state index contributed by atoms with van der Waals surface area (Å²) in [6.45, 7) is 0.824. The quantitative estimate of drug-likeness (QED) is 0.171. The van der Waals surface area contributed by atoms with E-state index >= 15 is 0 Å². The van der Waals surface area contributed by atoms with Crippen LogP contribution in [0.5, 0.6) is 17.2 Å². The first-order valence-corrected chi connectivity index (χ1v) is 13.3. The molecule has 0 saturated carbocycles. The van der Waals surface area contributed by atoms with Crippen molar-refractivity contribution in [2.45, 2.75) is 13.2 Å². The summed E-state index contributed by atoms with van der Waals surface area (Å²) in [4.78, 5) is 4.72. The van der Waals surface area contributed by atoms with Crippen LogP contribution in [0.25, 0.3) is 22.9 Å². The molecule has 0 aliphatic heterocycles. The van der Waals surface area contributed by atoms with E-state index in [2.05, 4.69) is 6.07 Å². The third-order valence-electron chi connectivity index (χ3n) is 5.97. The number of thiazole rings is 1. The second-order valence-electron chi connectivity index (χ2n) is 8.69. The van der Waals surface area contributed by atoms with Crippen molar-refractivity contribution in [1.29, 1.82) is 5.26 Å². The fourth-order valence-electron chi connectivity index (χ4n) is 3.94. The lowest BCUT2D eigenvalue weighted by molar-refractivity contribution is 0.256. The Bertz CT molecular complexity index is 1610. The Hall–Kier alpha value is -4.86. The minimum Gasteiger partial charge on any atom is -0.497 e. The van der Waals surface area contributed by atoms with Crippen LogP contribution in [0, 0.1) is 11.3 Å². The molecule has 6 heteroatoms. The van der Waals surface area contributed by atoms with Crippen LogP contribution in [0.15, 0.2) is 109 Å². The molecule has 0 atom stereocenters. The average Bonchev–Trinajstić information content (AvgIpc) is 3.49. The zero-order chi connectivity index (χ0) is 26.9. The smallest absolute Gasteiger partial charge is 0.162 e. The summed E-state index contributed by atoms with van der Waals surface area (Å²) in [5.74, 6) is 2.01.